The molecule has 0 unspecified atom stereocenters. The summed E-state index contributed by atoms with van der Waals surface area (Å²) in [5.74, 6) is 0.916. The van der Waals surface area contributed by atoms with Gasteiger partial charge in [0.25, 0.3) is 0 Å². The van der Waals surface area contributed by atoms with E-state index in [4.69, 9.17) is 14.2 Å². The molecule has 154 valence electrons. The van der Waals surface area contributed by atoms with Crippen LogP contribution in [0.1, 0.15) is 11.1 Å². The van der Waals surface area contributed by atoms with E-state index in [1.807, 2.05) is 48.5 Å². The zero-order chi connectivity index (χ0) is 21.6. The van der Waals surface area contributed by atoms with Gasteiger partial charge in [-0.2, -0.15) is 0 Å². The molecule has 3 aromatic carbocycles. The first-order valence-electron chi connectivity index (χ1n) is 9.81. The minimum absolute atomic E-state index is 0.220. The van der Waals surface area contributed by atoms with Gasteiger partial charge in [0.2, 0.25) is 5.90 Å². The highest BCUT2D eigenvalue weighted by Gasteiger charge is 2.24. The Morgan fingerprint density at radius 3 is 2.39 bits per heavy atom. The second-order valence-corrected chi connectivity index (χ2v) is 6.80. The molecule has 0 saturated carbocycles. The van der Waals surface area contributed by atoms with Crippen LogP contribution in [-0.2, 0) is 9.53 Å². The largest absolute Gasteiger partial charge is 0.486 e. The van der Waals surface area contributed by atoms with E-state index in [-0.39, 0.29) is 11.6 Å². The van der Waals surface area contributed by atoms with Crippen molar-refractivity contribution in [1.29, 1.82) is 0 Å². The SMILES string of the molecule is C=CCOc1ccc(/C=C2\N=C(c3ccc4ccccc4c3)OC2=O)cc1OCC=C. The Morgan fingerprint density at radius 1 is 0.871 bits per heavy atom. The number of fused-ring (bicyclic) bond motifs is 1. The lowest BCUT2D eigenvalue weighted by atomic mass is 10.1. The highest BCUT2D eigenvalue weighted by atomic mass is 16.6. The zero-order valence-corrected chi connectivity index (χ0v) is 16.9. The number of ether oxygens (including phenoxy) is 3. The molecular weight excluding hydrogens is 390 g/mol. The molecule has 1 aliphatic heterocycles. The van der Waals surface area contributed by atoms with Crippen molar-refractivity contribution < 1.29 is 19.0 Å². The van der Waals surface area contributed by atoms with Crippen molar-refractivity contribution in [2.45, 2.75) is 0 Å². The van der Waals surface area contributed by atoms with Crippen LogP contribution >= 0.6 is 0 Å². The Balaban J connectivity index is 1.64. The third-order valence-electron chi connectivity index (χ3n) is 4.60. The van der Waals surface area contributed by atoms with Gasteiger partial charge in [-0.05, 0) is 46.7 Å². The molecule has 0 bridgehead atoms. The Morgan fingerprint density at radius 2 is 1.61 bits per heavy atom. The number of rotatable bonds is 8. The van der Waals surface area contributed by atoms with Crippen molar-refractivity contribution in [3.63, 3.8) is 0 Å². The number of esters is 1. The number of carbonyl (C=O) groups excluding carboxylic acids is 1. The summed E-state index contributed by atoms with van der Waals surface area (Å²) in [5.41, 5.74) is 1.71. The topological polar surface area (TPSA) is 57.1 Å². The molecule has 0 aliphatic carbocycles. The maximum atomic E-state index is 12.4. The maximum absolute atomic E-state index is 12.4. The second kappa shape index (κ2) is 9.13. The highest BCUT2D eigenvalue weighted by molar-refractivity contribution is 6.13. The standard InChI is InChI=1S/C26H21NO4/c1-3-13-29-23-12-9-18(16-24(23)30-14-4-2)15-22-26(28)31-25(27-22)21-11-10-19-7-5-6-8-20(19)17-21/h3-12,15-17H,1-2,13-14H2/b22-15-. The van der Waals surface area contributed by atoms with E-state index in [1.54, 1.807) is 30.4 Å². The summed E-state index contributed by atoms with van der Waals surface area (Å²) in [6.07, 6.45) is 4.97. The van der Waals surface area contributed by atoms with Gasteiger partial charge in [-0.15, -0.1) is 0 Å². The van der Waals surface area contributed by atoms with Gasteiger partial charge in [-0.3, -0.25) is 0 Å². The molecule has 1 aliphatic rings. The third kappa shape index (κ3) is 4.56. The van der Waals surface area contributed by atoms with E-state index in [0.29, 0.717) is 24.7 Å². The Bertz CT molecular complexity index is 1220. The minimum Gasteiger partial charge on any atom is -0.486 e. The van der Waals surface area contributed by atoms with Crippen molar-refractivity contribution >= 4 is 28.7 Å². The quantitative estimate of drug-likeness (QED) is 0.286. The van der Waals surface area contributed by atoms with E-state index >= 15 is 0 Å². The van der Waals surface area contributed by atoms with Crippen LogP contribution in [0.25, 0.3) is 16.8 Å². The van der Waals surface area contributed by atoms with Crippen molar-refractivity contribution in [3.05, 3.63) is 103 Å². The summed E-state index contributed by atoms with van der Waals surface area (Å²) >= 11 is 0. The Hall–Kier alpha value is -4.12. The predicted octanol–water partition coefficient (Wildman–Crippen LogP) is 5.31. The molecule has 0 fully saturated rings. The predicted molar refractivity (Wildman–Crippen MR) is 122 cm³/mol. The van der Waals surface area contributed by atoms with Crippen LogP contribution in [0.4, 0.5) is 0 Å². The molecule has 0 spiro atoms. The number of carbonyl (C=O) groups is 1. The molecular formula is C26H21NO4. The molecule has 1 heterocycles. The van der Waals surface area contributed by atoms with E-state index in [9.17, 15) is 4.79 Å². The number of nitrogens with zero attached hydrogens (tertiary/aromatic N) is 1. The molecule has 0 atom stereocenters. The summed E-state index contributed by atoms with van der Waals surface area (Å²) in [6.45, 7) is 8.01. The van der Waals surface area contributed by atoms with Gasteiger partial charge in [0, 0.05) is 5.56 Å². The molecule has 0 amide bonds. The molecule has 0 N–H and O–H groups in total. The first-order chi connectivity index (χ1) is 15.2. The van der Waals surface area contributed by atoms with Crippen molar-refractivity contribution in [2.24, 2.45) is 4.99 Å². The van der Waals surface area contributed by atoms with Gasteiger partial charge in [0.1, 0.15) is 13.2 Å². The van der Waals surface area contributed by atoms with E-state index in [2.05, 4.69) is 18.2 Å². The average molecular weight is 411 g/mol. The summed E-state index contributed by atoms with van der Waals surface area (Å²) in [7, 11) is 0. The monoisotopic (exact) mass is 411 g/mol. The van der Waals surface area contributed by atoms with Gasteiger partial charge in [0.15, 0.2) is 17.2 Å². The third-order valence-corrected chi connectivity index (χ3v) is 4.60. The molecule has 31 heavy (non-hydrogen) atoms. The van der Waals surface area contributed by atoms with Gasteiger partial charge in [0.05, 0.1) is 0 Å². The van der Waals surface area contributed by atoms with Crippen LogP contribution in [0.2, 0.25) is 0 Å². The normalized spacial score (nSPS) is 14.3. The zero-order valence-electron chi connectivity index (χ0n) is 16.9. The molecule has 0 aromatic heterocycles. The Labute approximate surface area is 180 Å². The molecule has 0 saturated heterocycles. The number of hydrogen-bond acceptors (Lipinski definition) is 5. The highest BCUT2D eigenvalue weighted by Crippen LogP contribution is 2.30. The minimum atomic E-state index is -0.497. The van der Waals surface area contributed by atoms with Crippen LogP contribution in [0, 0.1) is 0 Å². The van der Waals surface area contributed by atoms with Crippen LogP contribution < -0.4 is 9.47 Å². The van der Waals surface area contributed by atoms with E-state index in [1.165, 1.54) is 0 Å². The lowest BCUT2D eigenvalue weighted by Crippen LogP contribution is -2.05. The number of aliphatic imine (C=N–C) groups is 1. The maximum Gasteiger partial charge on any atom is 0.363 e. The molecule has 4 rings (SSSR count). The molecule has 3 aromatic rings. The number of cyclic esters (lactones) is 1. The van der Waals surface area contributed by atoms with Crippen molar-refractivity contribution in [3.8, 4) is 11.5 Å². The fraction of sp³-hybridized carbons (Fsp3) is 0.0769. The first kappa shape index (κ1) is 20.2. The van der Waals surface area contributed by atoms with Gasteiger partial charge < -0.3 is 14.2 Å². The first-order valence-corrected chi connectivity index (χ1v) is 9.81. The molecule has 0 radical (unpaired) electrons. The number of hydrogen-bond donors (Lipinski definition) is 0. The van der Waals surface area contributed by atoms with Crippen LogP contribution in [-0.4, -0.2) is 25.1 Å². The van der Waals surface area contributed by atoms with Crippen LogP contribution in [0.3, 0.4) is 0 Å². The Kier molecular flexibility index (Phi) is 5.94. The lowest BCUT2D eigenvalue weighted by molar-refractivity contribution is -0.129. The van der Waals surface area contributed by atoms with Crippen LogP contribution in [0.15, 0.2) is 96.7 Å². The van der Waals surface area contributed by atoms with Crippen LogP contribution in [0.5, 0.6) is 11.5 Å². The fourth-order valence-electron chi connectivity index (χ4n) is 3.16. The fourth-order valence-corrected chi connectivity index (χ4v) is 3.16. The van der Waals surface area contributed by atoms with Crippen molar-refractivity contribution in [2.75, 3.05) is 13.2 Å². The molecule has 5 nitrogen and oxygen atoms in total. The van der Waals surface area contributed by atoms with Gasteiger partial charge in [-0.25, -0.2) is 9.79 Å². The lowest BCUT2D eigenvalue weighted by Gasteiger charge is -2.11. The van der Waals surface area contributed by atoms with Crippen molar-refractivity contribution in [1.82, 2.24) is 0 Å². The summed E-state index contributed by atoms with van der Waals surface area (Å²) < 4.78 is 16.7. The smallest absolute Gasteiger partial charge is 0.363 e. The summed E-state index contributed by atoms with van der Waals surface area (Å²) in [4.78, 5) is 16.8. The van der Waals surface area contributed by atoms with Gasteiger partial charge >= 0.3 is 5.97 Å². The van der Waals surface area contributed by atoms with E-state index < -0.39 is 5.97 Å². The summed E-state index contributed by atoms with van der Waals surface area (Å²) in [6, 6.07) is 19.2. The summed E-state index contributed by atoms with van der Waals surface area (Å²) in [5, 5.41) is 2.16. The van der Waals surface area contributed by atoms with Gasteiger partial charge in [-0.1, -0.05) is 61.7 Å². The second-order valence-electron chi connectivity index (χ2n) is 6.80. The van der Waals surface area contributed by atoms with E-state index in [0.717, 1.165) is 21.9 Å². The number of benzene rings is 3. The molecule has 5 heteroatoms. The average Bonchev–Trinajstić information content (AvgIpc) is 3.16.